The van der Waals surface area contributed by atoms with Gasteiger partial charge in [-0.25, -0.2) is 9.18 Å². The Hall–Kier alpha value is -2.34. The Morgan fingerprint density at radius 2 is 2.00 bits per heavy atom. The van der Waals surface area contributed by atoms with Crippen LogP contribution in [0.15, 0.2) is 38.8 Å². The molecule has 1 aliphatic heterocycles. The molecule has 0 bridgehead atoms. The highest BCUT2D eigenvalue weighted by Crippen LogP contribution is 2.46. The minimum absolute atomic E-state index is 0.0103. The van der Waals surface area contributed by atoms with Gasteiger partial charge in [0.05, 0.1) is 47.4 Å². The zero-order valence-electron chi connectivity index (χ0n) is 17.1. The highest BCUT2D eigenvalue weighted by Gasteiger charge is 2.38. The third kappa shape index (κ3) is 4.54. The van der Waals surface area contributed by atoms with Crippen LogP contribution in [0.4, 0.5) is 17.6 Å². The number of thioether (sulfide) groups is 1. The van der Waals surface area contributed by atoms with Crippen LogP contribution >= 0.6 is 23.4 Å². The molecule has 1 N–H and O–H groups in total. The van der Waals surface area contributed by atoms with Crippen molar-refractivity contribution < 1.29 is 27.0 Å². The van der Waals surface area contributed by atoms with Gasteiger partial charge in [0.25, 0.3) is 5.56 Å². The first kappa shape index (κ1) is 23.8. The average molecular weight is 505 g/mol. The Morgan fingerprint density at radius 1 is 1.24 bits per heavy atom. The van der Waals surface area contributed by atoms with Crippen LogP contribution in [-0.2, 0) is 22.2 Å². The standard InChI is InChI=1S/C21H17ClF4N2O4S/c1-31-4-5-32-11-8-28-17-12(19(29)27-20(28)30)7-13(21(24,25)26)16(18(17)33-9-11)10-2-3-15(23)14(22)6-10/h2-3,6-7,11H,4-5,8-9H2,1H3,(H,27,29,30). The largest absolute Gasteiger partial charge is 0.417 e. The SMILES string of the molecule is COCCOC1CSc2c(-c3ccc(F)c(Cl)c3)c(C(F)(F)F)cc3c(=O)[nH]c(=O)n(c23)C1. The fourth-order valence-corrected chi connectivity index (χ4v) is 5.19. The minimum atomic E-state index is -4.84. The van der Waals surface area contributed by atoms with Crippen LogP contribution < -0.4 is 11.2 Å². The van der Waals surface area contributed by atoms with Crippen molar-refractivity contribution in [1.82, 2.24) is 9.55 Å². The third-order valence-corrected chi connectivity index (χ3v) is 6.70. The molecular formula is C21H17ClF4N2O4S. The molecule has 0 spiro atoms. The van der Waals surface area contributed by atoms with Crippen molar-refractivity contribution in [2.75, 3.05) is 26.1 Å². The van der Waals surface area contributed by atoms with Crippen molar-refractivity contribution >= 4 is 34.3 Å². The molecule has 1 atom stereocenters. The summed E-state index contributed by atoms with van der Waals surface area (Å²) in [5.41, 5.74) is -2.99. The number of halogens is 5. The van der Waals surface area contributed by atoms with E-state index in [9.17, 15) is 27.2 Å². The maximum absolute atomic E-state index is 14.1. The van der Waals surface area contributed by atoms with Gasteiger partial charge in [-0.2, -0.15) is 13.2 Å². The first-order valence-electron chi connectivity index (χ1n) is 9.71. The number of hydrogen-bond acceptors (Lipinski definition) is 5. The van der Waals surface area contributed by atoms with E-state index in [2.05, 4.69) is 4.98 Å². The van der Waals surface area contributed by atoms with E-state index in [1.165, 1.54) is 17.7 Å². The molecule has 0 fully saturated rings. The van der Waals surface area contributed by atoms with Gasteiger partial charge in [0.15, 0.2) is 0 Å². The van der Waals surface area contributed by atoms with Crippen LogP contribution in [0.5, 0.6) is 0 Å². The number of aromatic nitrogens is 2. The van der Waals surface area contributed by atoms with E-state index in [0.717, 1.165) is 23.9 Å². The van der Waals surface area contributed by atoms with Crippen LogP contribution in [0, 0.1) is 5.82 Å². The Bertz CT molecular complexity index is 1340. The molecule has 2 heterocycles. The molecule has 0 aliphatic carbocycles. The molecule has 6 nitrogen and oxygen atoms in total. The van der Waals surface area contributed by atoms with E-state index in [1.807, 2.05) is 0 Å². The summed E-state index contributed by atoms with van der Waals surface area (Å²) in [5, 5.41) is -0.630. The number of H-pyrrole nitrogens is 1. The molecule has 1 unspecified atom stereocenters. The number of alkyl halides is 3. The summed E-state index contributed by atoms with van der Waals surface area (Å²) in [5.74, 6) is -0.578. The normalized spacial score (nSPS) is 16.2. The van der Waals surface area contributed by atoms with Gasteiger partial charge in [0.1, 0.15) is 5.82 Å². The number of hydrogen-bond donors (Lipinski definition) is 1. The summed E-state index contributed by atoms with van der Waals surface area (Å²) in [6.07, 6.45) is -5.38. The zero-order chi connectivity index (χ0) is 23.9. The highest BCUT2D eigenvalue weighted by atomic mass is 35.5. The first-order chi connectivity index (χ1) is 15.6. The van der Waals surface area contributed by atoms with Crippen LogP contribution in [0.1, 0.15) is 5.56 Å². The molecule has 3 aromatic rings. The van der Waals surface area contributed by atoms with Gasteiger partial charge >= 0.3 is 11.9 Å². The summed E-state index contributed by atoms with van der Waals surface area (Å²) in [4.78, 5) is 27.3. The van der Waals surface area contributed by atoms with Gasteiger partial charge < -0.3 is 9.47 Å². The first-order valence-corrected chi connectivity index (χ1v) is 11.1. The molecule has 0 radical (unpaired) electrons. The van der Waals surface area contributed by atoms with Gasteiger partial charge in [0, 0.05) is 23.3 Å². The Kier molecular flexibility index (Phi) is 6.59. The molecule has 2 aromatic carbocycles. The number of methoxy groups -OCH3 is 1. The number of ether oxygens (including phenoxy) is 2. The maximum atomic E-state index is 14.1. The van der Waals surface area contributed by atoms with Gasteiger partial charge in [-0.15, -0.1) is 11.8 Å². The van der Waals surface area contributed by atoms with Gasteiger partial charge in [-0.1, -0.05) is 17.7 Å². The molecule has 0 saturated heterocycles. The fraction of sp³-hybridized carbons (Fsp3) is 0.333. The van der Waals surface area contributed by atoms with Crippen LogP contribution in [-0.4, -0.2) is 41.7 Å². The highest BCUT2D eigenvalue weighted by molar-refractivity contribution is 7.99. The molecule has 4 rings (SSSR count). The predicted molar refractivity (Wildman–Crippen MR) is 117 cm³/mol. The Morgan fingerprint density at radius 3 is 2.67 bits per heavy atom. The van der Waals surface area contributed by atoms with E-state index < -0.39 is 34.9 Å². The fourth-order valence-electron chi connectivity index (χ4n) is 3.73. The molecule has 176 valence electrons. The van der Waals surface area contributed by atoms with Crippen LogP contribution in [0.2, 0.25) is 5.02 Å². The van der Waals surface area contributed by atoms with Crippen LogP contribution in [0.3, 0.4) is 0 Å². The summed E-state index contributed by atoms with van der Waals surface area (Å²) in [6.45, 7) is 0.528. The lowest BCUT2D eigenvalue weighted by Gasteiger charge is -2.20. The van der Waals surface area contributed by atoms with Gasteiger partial charge in [-0.05, 0) is 23.8 Å². The Balaban J connectivity index is 2.04. The molecule has 0 amide bonds. The lowest BCUT2D eigenvalue weighted by atomic mass is 9.96. The van der Waals surface area contributed by atoms with Crippen molar-refractivity contribution in [3.63, 3.8) is 0 Å². The number of nitrogens with one attached hydrogen (secondary N) is 1. The van der Waals surface area contributed by atoms with Crippen molar-refractivity contribution in [3.8, 4) is 11.1 Å². The lowest BCUT2D eigenvalue weighted by Crippen LogP contribution is -2.34. The van der Waals surface area contributed by atoms with Gasteiger partial charge in [0.2, 0.25) is 0 Å². The van der Waals surface area contributed by atoms with E-state index in [-0.39, 0.29) is 50.9 Å². The van der Waals surface area contributed by atoms with Gasteiger partial charge in [-0.3, -0.25) is 14.3 Å². The second-order valence-corrected chi connectivity index (χ2v) is 8.76. The topological polar surface area (TPSA) is 73.3 Å². The number of nitrogens with zero attached hydrogens (tertiary/aromatic N) is 1. The maximum Gasteiger partial charge on any atom is 0.417 e. The zero-order valence-corrected chi connectivity index (χ0v) is 18.7. The second kappa shape index (κ2) is 9.13. The van der Waals surface area contributed by atoms with E-state index >= 15 is 0 Å². The van der Waals surface area contributed by atoms with Crippen LogP contribution in [0.25, 0.3) is 22.0 Å². The smallest absolute Gasteiger partial charge is 0.382 e. The van der Waals surface area contributed by atoms with E-state index in [0.29, 0.717) is 12.7 Å². The van der Waals surface area contributed by atoms with Crippen molar-refractivity contribution in [1.29, 1.82) is 0 Å². The molecule has 1 aromatic heterocycles. The molecule has 0 saturated carbocycles. The summed E-state index contributed by atoms with van der Waals surface area (Å²) in [7, 11) is 1.50. The van der Waals surface area contributed by atoms with Crippen molar-refractivity contribution in [3.05, 3.63) is 61.5 Å². The number of benzene rings is 2. The second-order valence-electron chi connectivity index (χ2n) is 7.32. The molecule has 12 heteroatoms. The molecular weight excluding hydrogens is 488 g/mol. The third-order valence-electron chi connectivity index (χ3n) is 5.19. The summed E-state index contributed by atoms with van der Waals surface area (Å²) in [6, 6.07) is 3.96. The van der Waals surface area contributed by atoms with Crippen molar-refractivity contribution in [2.45, 2.75) is 23.7 Å². The number of rotatable bonds is 5. The van der Waals surface area contributed by atoms with Crippen molar-refractivity contribution in [2.24, 2.45) is 0 Å². The summed E-state index contributed by atoms with van der Waals surface area (Å²) >= 11 is 6.89. The molecule has 33 heavy (non-hydrogen) atoms. The number of aromatic amines is 1. The monoisotopic (exact) mass is 504 g/mol. The van der Waals surface area contributed by atoms with E-state index in [4.69, 9.17) is 21.1 Å². The summed E-state index contributed by atoms with van der Waals surface area (Å²) < 4.78 is 68.1. The predicted octanol–water partition coefficient (Wildman–Crippen LogP) is 4.31. The Labute approximate surface area is 193 Å². The minimum Gasteiger partial charge on any atom is -0.382 e. The average Bonchev–Trinajstić information content (AvgIpc) is 2.94. The molecule has 1 aliphatic rings. The quantitative estimate of drug-likeness (QED) is 0.414. The van der Waals surface area contributed by atoms with E-state index in [1.54, 1.807) is 0 Å². The lowest BCUT2D eigenvalue weighted by molar-refractivity contribution is -0.137.